The summed E-state index contributed by atoms with van der Waals surface area (Å²) in [6.45, 7) is 3.37. The Morgan fingerprint density at radius 3 is 2.33 bits per heavy atom. The van der Waals surface area contributed by atoms with Crippen molar-refractivity contribution in [3.05, 3.63) is 41.7 Å². The van der Waals surface area contributed by atoms with Gasteiger partial charge in [0.1, 0.15) is 5.75 Å². The summed E-state index contributed by atoms with van der Waals surface area (Å²) < 4.78 is 23.1. The van der Waals surface area contributed by atoms with Crippen molar-refractivity contribution in [2.24, 2.45) is 0 Å². The quantitative estimate of drug-likeness (QED) is 0.459. The molecule has 0 atom stereocenters. The number of nitrogens with zero attached hydrogens (tertiary/aromatic N) is 1. The molecule has 21 heavy (non-hydrogen) atoms. The lowest BCUT2D eigenvalue weighted by Crippen LogP contribution is -2.10. The lowest BCUT2D eigenvalue weighted by atomic mass is 10.2. The van der Waals surface area contributed by atoms with Crippen LogP contribution in [0.1, 0.15) is 5.56 Å². The van der Waals surface area contributed by atoms with Crippen LogP contribution in [0.3, 0.4) is 0 Å². The molecule has 0 saturated heterocycles. The van der Waals surface area contributed by atoms with Crippen molar-refractivity contribution in [1.82, 2.24) is 4.31 Å². The summed E-state index contributed by atoms with van der Waals surface area (Å²) in [5.74, 6) is 0.841. The molecular formula is C15H20NO4S-. The zero-order valence-corrected chi connectivity index (χ0v) is 12.9. The highest BCUT2D eigenvalue weighted by atomic mass is 32.1. The highest BCUT2D eigenvalue weighted by Gasteiger charge is 2.07. The smallest absolute Gasteiger partial charge is 0.119 e. The molecule has 0 aliphatic carbocycles. The molecule has 0 N–H and O–H groups in total. The van der Waals surface area contributed by atoms with E-state index >= 15 is 0 Å². The molecule has 1 aliphatic rings. The molecule has 0 spiro atoms. The van der Waals surface area contributed by atoms with E-state index in [0.29, 0.717) is 39.6 Å². The summed E-state index contributed by atoms with van der Waals surface area (Å²) in [6, 6.07) is 7.83. The Bertz CT molecular complexity index is 467. The molecule has 1 heterocycles. The third-order valence-corrected chi connectivity index (χ3v) is 3.22. The SMILES string of the molecule is COc1cccc(COCCOCCOCC2=CN2[S-])c1. The van der Waals surface area contributed by atoms with Gasteiger partial charge in [-0.3, -0.25) is 0 Å². The Balaban J connectivity index is 1.42. The third kappa shape index (κ3) is 6.39. The molecule has 1 aromatic rings. The maximum Gasteiger partial charge on any atom is 0.119 e. The highest BCUT2D eigenvalue weighted by molar-refractivity contribution is 7.56. The minimum absolute atomic E-state index is 0.555. The normalized spacial score (nSPS) is 13.2. The van der Waals surface area contributed by atoms with E-state index in [9.17, 15) is 0 Å². The molecule has 0 aromatic heterocycles. The monoisotopic (exact) mass is 310 g/mol. The fourth-order valence-corrected chi connectivity index (χ4v) is 1.85. The summed E-state index contributed by atoms with van der Waals surface area (Å²) in [4.78, 5) is 0. The van der Waals surface area contributed by atoms with E-state index < -0.39 is 0 Å². The first-order valence-electron chi connectivity index (χ1n) is 6.83. The van der Waals surface area contributed by atoms with E-state index in [-0.39, 0.29) is 0 Å². The van der Waals surface area contributed by atoms with E-state index in [4.69, 9.17) is 31.8 Å². The minimum Gasteiger partial charge on any atom is -0.661 e. The van der Waals surface area contributed by atoms with Gasteiger partial charge in [-0.05, 0) is 17.7 Å². The van der Waals surface area contributed by atoms with Crippen LogP contribution in [-0.4, -0.2) is 44.4 Å². The Hall–Kier alpha value is -1.21. The predicted octanol–water partition coefficient (Wildman–Crippen LogP) is 1.86. The molecule has 0 saturated carbocycles. The molecule has 0 radical (unpaired) electrons. The second-order valence-corrected chi connectivity index (χ2v) is 4.91. The standard InChI is InChI=1S/C15H20NO4S/c1-17-15-4-2-3-13(9-15)11-19-7-5-18-6-8-20-12-14-10-16(14)21/h2-4,9-10H,5-8,11-12H2,1H3/q-1. The van der Waals surface area contributed by atoms with Crippen LogP contribution >= 0.6 is 0 Å². The molecule has 0 fully saturated rings. The number of hydrogen-bond donors (Lipinski definition) is 0. The fraction of sp³-hybridized carbons (Fsp3) is 0.467. The second-order valence-electron chi connectivity index (χ2n) is 4.52. The second kappa shape index (κ2) is 8.94. The first kappa shape index (κ1) is 16.2. The molecule has 1 aromatic carbocycles. The van der Waals surface area contributed by atoms with Crippen molar-refractivity contribution in [3.63, 3.8) is 0 Å². The van der Waals surface area contributed by atoms with Crippen LogP contribution in [0.2, 0.25) is 0 Å². The Morgan fingerprint density at radius 1 is 1.00 bits per heavy atom. The summed E-state index contributed by atoms with van der Waals surface area (Å²) >= 11 is 4.86. The molecule has 0 amide bonds. The zero-order chi connectivity index (χ0) is 14.9. The number of benzene rings is 1. The van der Waals surface area contributed by atoms with Crippen LogP contribution < -0.4 is 4.74 Å². The largest absolute Gasteiger partial charge is 0.661 e. The van der Waals surface area contributed by atoms with E-state index in [2.05, 4.69) is 0 Å². The lowest BCUT2D eigenvalue weighted by Gasteiger charge is -2.10. The molecular weight excluding hydrogens is 290 g/mol. The van der Waals surface area contributed by atoms with Crippen molar-refractivity contribution in [2.75, 3.05) is 40.1 Å². The summed E-state index contributed by atoms with van der Waals surface area (Å²) in [5, 5.41) is 0. The van der Waals surface area contributed by atoms with Crippen molar-refractivity contribution >= 4 is 12.8 Å². The number of methoxy groups -OCH3 is 1. The van der Waals surface area contributed by atoms with Gasteiger partial charge in [-0.1, -0.05) is 12.1 Å². The lowest BCUT2D eigenvalue weighted by molar-refractivity contribution is 0.0141. The molecule has 6 heteroatoms. The predicted molar refractivity (Wildman–Crippen MR) is 81.6 cm³/mol. The molecule has 0 bridgehead atoms. The van der Waals surface area contributed by atoms with Gasteiger partial charge in [-0.2, -0.15) is 0 Å². The Labute approximate surface area is 131 Å². The average Bonchev–Trinajstić information content (AvgIpc) is 3.21. The number of rotatable bonds is 11. The molecule has 116 valence electrons. The number of hydrogen-bond acceptors (Lipinski definition) is 6. The maximum atomic E-state index is 5.54. The van der Waals surface area contributed by atoms with Gasteiger partial charge in [-0.15, -0.1) is 0 Å². The zero-order valence-electron chi connectivity index (χ0n) is 12.1. The maximum absolute atomic E-state index is 5.54. The van der Waals surface area contributed by atoms with Crippen LogP contribution in [0.4, 0.5) is 0 Å². The van der Waals surface area contributed by atoms with Gasteiger partial charge in [0.2, 0.25) is 0 Å². The van der Waals surface area contributed by atoms with Crippen molar-refractivity contribution < 1.29 is 18.9 Å². The molecule has 0 unspecified atom stereocenters. The first-order chi connectivity index (χ1) is 10.3. The van der Waals surface area contributed by atoms with E-state index in [1.54, 1.807) is 11.4 Å². The van der Waals surface area contributed by atoms with Crippen LogP contribution in [0, 0.1) is 0 Å². The number of ether oxygens (including phenoxy) is 4. The summed E-state index contributed by atoms with van der Waals surface area (Å²) in [5.41, 5.74) is 2.13. The average molecular weight is 310 g/mol. The minimum atomic E-state index is 0.555. The fourth-order valence-electron chi connectivity index (χ4n) is 1.67. The van der Waals surface area contributed by atoms with Gasteiger partial charge in [0, 0.05) is 11.9 Å². The van der Waals surface area contributed by atoms with E-state index in [0.717, 1.165) is 17.0 Å². The van der Waals surface area contributed by atoms with Crippen molar-refractivity contribution in [1.29, 1.82) is 0 Å². The van der Waals surface area contributed by atoms with Crippen molar-refractivity contribution in [3.8, 4) is 5.75 Å². The molecule has 1 aliphatic heterocycles. The van der Waals surface area contributed by atoms with E-state index in [1.165, 1.54) is 0 Å². The summed E-state index contributed by atoms with van der Waals surface area (Å²) in [6.07, 6.45) is 1.86. The van der Waals surface area contributed by atoms with Gasteiger partial charge < -0.3 is 36.1 Å². The summed E-state index contributed by atoms with van der Waals surface area (Å²) in [7, 11) is 1.65. The first-order valence-corrected chi connectivity index (χ1v) is 7.19. The molecule has 2 rings (SSSR count). The van der Waals surface area contributed by atoms with Crippen LogP contribution in [-0.2, 0) is 33.6 Å². The topological polar surface area (TPSA) is 39.9 Å². The van der Waals surface area contributed by atoms with Gasteiger partial charge in [0.25, 0.3) is 0 Å². The van der Waals surface area contributed by atoms with Gasteiger partial charge in [0.15, 0.2) is 0 Å². The third-order valence-electron chi connectivity index (χ3n) is 2.88. The van der Waals surface area contributed by atoms with Gasteiger partial charge >= 0.3 is 0 Å². The Morgan fingerprint density at radius 2 is 1.67 bits per heavy atom. The van der Waals surface area contributed by atoms with Crippen molar-refractivity contribution in [2.45, 2.75) is 6.61 Å². The van der Waals surface area contributed by atoms with Crippen LogP contribution in [0.25, 0.3) is 0 Å². The van der Waals surface area contributed by atoms with Gasteiger partial charge in [-0.25, -0.2) is 0 Å². The van der Waals surface area contributed by atoms with Crippen LogP contribution in [0.15, 0.2) is 36.2 Å². The van der Waals surface area contributed by atoms with E-state index in [1.807, 2.05) is 30.5 Å². The Kier molecular flexibility index (Phi) is 6.88. The van der Waals surface area contributed by atoms with Gasteiger partial charge in [0.05, 0.1) is 46.8 Å². The highest BCUT2D eigenvalue weighted by Crippen LogP contribution is 2.17. The van der Waals surface area contributed by atoms with Crippen LogP contribution in [0.5, 0.6) is 5.75 Å². The molecule has 5 nitrogen and oxygen atoms in total.